The van der Waals surface area contributed by atoms with Gasteiger partial charge in [-0.25, -0.2) is 4.79 Å². The number of amides is 1. The normalized spacial score (nSPS) is 14.9. The van der Waals surface area contributed by atoms with Gasteiger partial charge in [-0.3, -0.25) is 4.90 Å². The second kappa shape index (κ2) is 6.87. The third kappa shape index (κ3) is 4.58. The Morgan fingerprint density at radius 2 is 1.50 bits per heavy atom. The van der Waals surface area contributed by atoms with Gasteiger partial charge in [-0.15, -0.1) is 0 Å². The monoisotopic (exact) mass is 381 g/mol. The van der Waals surface area contributed by atoms with Crippen molar-refractivity contribution >= 4 is 18.7 Å². The largest absolute Gasteiger partial charge is 0.493 e. The Kier molecular flexibility index (Phi) is 5.48. The molecule has 1 heterocycles. The van der Waals surface area contributed by atoms with E-state index in [9.17, 15) is 4.79 Å². The molecule has 1 aromatic carbocycles. The average Bonchev–Trinajstić information content (AvgIpc) is 2.85. The lowest BCUT2D eigenvalue weighted by molar-refractivity contribution is 0.0241. The Hall–Kier alpha value is -1.56. The molecule has 1 aliphatic heterocycles. The minimum Gasteiger partial charge on any atom is -0.493 e. The predicted molar refractivity (Wildman–Crippen MR) is 106 cm³/mol. The minimum absolute atomic E-state index is 0.313. The smallest absolute Gasteiger partial charge is 0.410 e. The number of ether oxygens (including phenoxy) is 3. The van der Waals surface area contributed by atoms with Crippen LogP contribution in [0, 0.1) is 0 Å². The number of benzene rings is 1. The second-order valence-corrected chi connectivity index (χ2v) is 9.90. The molecule has 6 heteroatoms. The highest BCUT2D eigenvalue weighted by Gasteiger charge is 2.37. The van der Waals surface area contributed by atoms with E-state index in [0.717, 1.165) is 11.1 Å². The standard InChI is InChI=1S/C20H31NO4S/c1-18(2,3)25-17(22)21-11-13-9-15(23-8)16(10-14(13)12-21)24-19(4,5)20(6,7)26/h9-10,26H,11-12H2,1-8H3. The van der Waals surface area contributed by atoms with Crippen molar-refractivity contribution in [2.24, 2.45) is 0 Å². The van der Waals surface area contributed by atoms with Crippen LogP contribution in [0.1, 0.15) is 59.6 Å². The molecule has 5 nitrogen and oxygen atoms in total. The second-order valence-electron chi connectivity index (χ2n) is 8.78. The van der Waals surface area contributed by atoms with Crippen LogP contribution in [0.15, 0.2) is 12.1 Å². The fourth-order valence-corrected chi connectivity index (χ4v) is 2.55. The molecule has 146 valence electrons. The molecular formula is C20H31NO4S. The summed E-state index contributed by atoms with van der Waals surface area (Å²) < 4.78 is 16.9. The molecule has 1 amide bonds. The van der Waals surface area contributed by atoms with Crippen molar-refractivity contribution in [1.29, 1.82) is 0 Å². The van der Waals surface area contributed by atoms with Crippen molar-refractivity contribution in [2.75, 3.05) is 7.11 Å². The third-order valence-electron chi connectivity index (χ3n) is 4.70. The molecule has 0 aliphatic carbocycles. The lowest BCUT2D eigenvalue weighted by atomic mass is 9.93. The van der Waals surface area contributed by atoms with Crippen molar-refractivity contribution in [3.8, 4) is 11.5 Å². The van der Waals surface area contributed by atoms with Gasteiger partial charge in [-0.1, -0.05) is 0 Å². The molecule has 0 N–H and O–H groups in total. The molecule has 1 aromatic rings. The summed E-state index contributed by atoms with van der Waals surface area (Å²) in [5.74, 6) is 1.31. The van der Waals surface area contributed by atoms with Gasteiger partial charge in [0.15, 0.2) is 11.5 Å². The molecule has 2 rings (SSSR count). The number of methoxy groups -OCH3 is 1. The number of nitrogens with zero attached hydrogens (tertiary/aromatic N) is 1. The molecular weight excluding hydrogens is 350 g/mol. The van der Waals surface area contributed by atoms with Crippen LogP contribution in [0.4, 0.5) is 4.79 Å². The van der Waals surface area contributed by atoms with E-state index in [0.29, 0.717) is 24.6 Å². The fraction of sp³-hybridized carbons (Fsp3) is 0.650. The third-order valence-corrected chi connectivity index (χ3v) is 5.24. The summed E-state index contributed by atoms with van der Waals surface area (Å²) in [6.07, 6.45) is -0.313. The average molecular weight is 382 g/mol. The van der Waals surface area contributed by atoms with E-state index in [1.807, 2.05) is 60.6 Å². The van der Waals surface area contributed by atoms with Crippen LogP contribution in [-0.2, 0) is 17.8 Å². The Labute approximate surface area is 162 Å². The van der Waals surface area contributed by atoms with Crippen LogP contribution in [0.5, 0.6) is 11.5 Å². The molecule has 0 spiro atoms. The zero-order valence-electron chi connectivity index (χ0n) is 17.1. The van der Waals surface area contributed by atoms with Crippen molar-refractivity contribution in [1.82, 2.24) is 4.90 Å². The van der Waals surface area contributed by atoms with E-state index in [-0.39, 0.29) is 10.8 Å². The SMILES string of the molecule is COc1cc2c(cc1OC(C)(C)C(C)(C)S)CN(C(=O)OC(C)(C)C)C2. The molecule has 0 saturated carbocycles. The van der Waals surface area contributed by atoms with Gasteiger partial charge in [0.1, 0.15) is 11.2 Å². The number of fused-ring (bicyclic) bond motifs is 1. The highest BCUT2D eigenvalue weighted by Crippen LogP contribution is 2.40. The topological polar surface area (TPSA) is 48.0 Å². The molecule has 0 aromatic heterocycles. The zero-order chi connectivity index (χ0) is 19.9. The number of thiol groups is 1. The summed E-state index contributed by atoms with van der Waals surface area (Å²) in [5, 5.41) is 0. The first-order valence-electron chi connectivity index (χ1n) is 8.82. The molecule has 1 aliphatic rings. The van der Waals surface area contributed by atoms with Crippen molar-refractivity contribution in [3.63, 3.8) is 0 Å². The summed E-state index contributed by atoms with van der Waals surface area (Å²) >= 11 is 4.66. The first-order chi connectivity index (χ1) is 11.7. The molecule has 0 atom stereocenters. The quantitative estimate of drug-likeness (QED) is 0.760. The molecule has 26 heavy (non-hydrogen) atoms. The number of hydrogen-bond donors (Lipinski definition) is 1. The minimum atomic E-state index is -0.514. The fourth-order valence-electron chi connectivity index (χ4n) is 2.50. The predicted octanol–water partition coefficient (Wildman–Crippen LogP) is 4.81. The van der Waals surface area contributed by atoms with Crippen molar-refractivity contribution in [3.05, 3.63) is 23.3 Å². The van der Waals surface area contributed by atoms with Gasteiger partial charge in [-0.05, 0) is 71.7 Å². The Bertz CT molecular complexity index is 686. The zero-order valence-corrected chi connectivity index (χ0v) is 18.0. The van der Waals surface area contributed by atoms with Crippen molar-refractivity contribution in [2.45, 2.75) is 77.5 Å². The first-order valence-corrected chi connectivity index (χ1v) is 9.27. The van der Waals surface area contributed by atoms with Crippen LogP contribution in [0.3, 0.4) is 0 Å². The van der Waals surface area contributed by atoms with Gasteiger partial charge >= 0.3 is 6.09 Å². The molecule has 0 bridgehead atoms. The van der Waals surface area contributed by atoms with Gasteiger partial charge in [0.25, 0.3) is 0 Å². The maximum atomic E-state index is 12.4. The van der Waals surface area contributed by atoms with Gasteiger partial charge in [0, 0.05) is 17.8 Å². The maximum Gasteiger partial charge on any atom is 0.410 e. The van der Waals surface area contributed by atoms with Crippen LogP contribution < -0.4 is 9.47 Å². The van der Waals surface area contributed by atoms with E-state index in [1.54, 1.807) is 12.0 Å². The van der Waals surface area contributed by atoms with Gasteiger partial charge < -0.3 is 14.2 Å². The maximum absolute atomic E-state index is 12.4. The summed E-state index contributed by atoms with van der Waals surface area (Å²) in [5.41, 5.74) is 1.06. The molecule has 0 fully saturated rings. The van der Waals surface area contributed by atoms with Crippen LogP contribution in [-0.4, -0.2) is 34.1 Å². The molecule has 0 unspecified atom stereocenters. The van der Waals surface area contributed by atoms with Crippen LogP contribution >= 0.6 is 12.6 Å². The summed E-state index contributed by atoms with van der Waals surface area (Å²) in [6, 6.07) is 3.90. The lowest BCUT2D eigenvalue weighted by Crippen LogP contribution is -2.45. The Balaban J connectivity index is 2.26. The number of hydrogen-bond acceptors (Lipinski definition) is 5. The summed E-state index contributed by atoms with van der Waals surface area (Å²) in [6.45, 7) is 14.6. The van der Waals surface area contributed by atoms with E-state index in [4.69, 9.17) is 14.2 Å². The highest BCUT2D eigenvalue weighted by atomic mass is 32.1. The van der Waals surface area contributed by atoms with E-state index >= 15 is 0 Å². The van der Waals surface area contributed by atoms with E-state index in [1.165, 1.54) is 0 Å². The summed E-state index contributed by atoms with van der Waals surface area (Å²) in [7, 11) is 1.62. The molecule has 0 radical (unpaired) electrons. The van der Waals surface area contributed by atoms with Gasteiger partial charge in [0.2, 0.25) is 0 Å². The van der Waals surface area contributed by atoms with Crippen molar-refractivity contribution < 1.29 is 19.0 Å². The summed E-state index contributed by atoms with van der Waals surface area (Å²) in [4.78, 5) is 14.0. The van der Waals surface area contributed by atoms with Crippen LogP contribution in [0.25, 0.3) is 0 Å². The van der Waals surface area contributed by atoms with Crippen LogP contribution in [0.2, 0.25) is 0 Å². The highest BCUT2D eigenvalue weighted by molar-refractivity contribution is 7.81. The Morgan fingerprint density at radius 3 is 1.92 bits per heavy atom. The number of rotatable bonds is 4. The van der Waals surface area contributed by atoms with Gasteiger partial charge in [-0.2, -0.15) is 12.6 Å². The number of carbonyl (C=O) groups is 1. The van der Waals surface area contributed by atoms with E-state index in [2.05, 4.69) is 12.6 Å². The number of carbonyl (C=O) groups excluding carboxylic acids is 1. The first kappa shape index (κ1) is 20.7. The molecule has 0 saturated heterocycles. The lowest BCUT2D eigenvalue weighted by Gasteiger charge is -2.38. The van der Waals surface area contributed by atoms with E-state index < -0.39 is 11.2 Å². The Morgan fingerprint density at radius 1 is 1.00 bits per heavy atom. The van der Waals surface area contributed by atoms with Gasteiger partial charge in [0.05, 0.1) is 7.11 Å².